The molecule has 0 spiro atoms. The molecular formula is C15H18F3NO2. The summed E-state index contributed by atoms with van der Waals surface area (Å²) in [7, 11) is 0. The third kappa shape index (κ3) is 4.46. The average molecular weight is 301 g/mol. The Hall–Kier alpha value is -1.56. The second-order valence-corrected chi connectivity index (χ2v) is 5.43. The van der Waals surface area contributed by atoms with Crippen LogP contribution in [0, 0.1) is 5.92 Å². The van der Waals surface area contributed by atoms with Gasteiger partial charge in [0.2, 0.25) is 0 Å². The summed E-state index contributed by atoms with van der Waals surface area (Å²) in [6.45, 7) is 1.33. The minimum absolute atomic E-state index is 0.0662. The normalized spacial score (nSPS) is 20.4. The Morgan fingerprint density at radius 1 is 1.29 bits per heavy atom. The molecule has 6 heteroatoms. The summed E-state index contributed by atoms with van der Waals surface area (Å²) in [5.74, 6) is -2.20. The number of aromatic carboxylic acids is 1. The number of benzene rings is 1. The average Bonchev–Trinajstić information content (AvgIpc) is 2.45. The number of likely N-dealkylation sites (tertiary alicyclic amines) is 1. The number of carboxylic acid groups (broad SMARTS) is 1. The molecule has 1 N–H and O–H groups in total. The quantitative estimate of drug-likeness (QED) is 0.928. The minimum atomic E-state index is -4.11. The van der Waals surface area contributed by atoms with E-state index in [0.717, 1.165) is 5.56 Å². The molecule has 0 bridgehead atoms. The van der Waals surface area contributed by atoms with Crippen LogP contribution in [0.4, 0.5) is 13.2 Å². The van der Waals surface area contributed by atoms with Crippen LogP contribution in [0.3, 0.4) is 0 Å². The molecule has 0 radical (unpaired) electrons. The fourth-order valence-corrected chi connectivity index (χ4v) is 2.63. The Bertz CT molecular complexity index is 485. The maximum absolute atomic E-state index is 12.7. The summed E-state index contributed by atoms with van der Waals surface area (Å²) in [5.41, 5.74) is 1.16. The molecular weight excluding hydrogens is 283 g/mol. The maximum atomic E-state index is 12.7. The van der Waals surface area contributed by atoms with Crippen LogP contribution in [0.5, 0.6) is 0 Å². The number of alkyl halides is 3. The molecule has 3 nitrogen and oxygen atoms in total. The Balaban J connectivity index is 1.86. The number of carbonyl (C=O) groups is 1. The number of hydrogen-bond acceptors (Lipinski definition) is 2. The summed E-state index contributed by atoms with van der Waals surface area (Å²) >= 11 is 0. The van der Waals surface area contributed by atoms with E-state index < -0.39 is 18.1 Å². The van der Waals surface area contributed by atoms with Crippen molar-refractivity contribution >= 4 is 5.97 Å². The summed E-state index contributed by atoms with van der Waals surface area (Å²) in [6.07, 6.45) is -2.69. The van der Waals surface area contributed by atoms with Crippen molar-refractivity contribution in [3.05, 3.63) is 35.4 Å². The van der Waals surface area contributed by atoms with Crippen molar-refractivity contribution in [2.24, 2.45) is 5.92 Å². The molecule has 1 atom stereocenters. The Morgan fingerprint density at radius 3 is 2.52 bits per heavy atom. The monoisotopic (exact) mass is 301 g/mol. The van der Waals surface area contributed by atoms with Crippen molar-refractivity contribution < 1.29 is 23.1 Å². The molecule has 1 aliphatic rings. The first-order valence-electron chi connectivity index (χ1n) is 6.97. The highest BCUT2D eigenvalue weighted by molar-refractivity contribution is 5.87. The lowest BCUT2D eigenvalue weighted by atomic mass is 9.97. The molecule has 1 aromatic carbocycles. The van der Waals surface area contributed by atoms with Crippen LogP contribution in [0.1, 0.15) is 28.8 Å². The van der Waals surface area contributed by atoms with Crippen LogP contribution < -0.4 is 0 Å². The van der Waals surface area contributed by atoms with Gasteiger partial charge in [0.05, 0.1) is 11.5 Å². The summed E-state index contributed by atoms with van der Waals surface area (Å²) in [4.78, 5) is 12.6. The van der Waals surface area contributed by atoms with E-state index in [4.69, 9.17) is 5.11 Å². The van der Waals surface area contributed by atoms with E-state index in [2.05, 4.69) is 0 Å². The van der Waals surface area contributed by atoms with Crippen molar-refractivity contribution in [2.75, 3.05) is 19.6 Å². The number of hydrogen-bond donors (Lipinski definition) is 1. The third-order valence-electron chi connectivity index (χ3n) is 3.89. The van der Waals surface area contributed by atoms with Crippen LogP contribution in [0.25, 0.3) is 0 Å². The van der Waals surface area contributed by atoms with Crippen LogP contribution in [0.2, 0.25) is 0 Å². The van der Waals surface area contributed by atoms with E-state index in [9.17, 15) is 18.0 Å². The van der Waals surface area contributed by atoms with Gasteiger partial charge in [0.25, 0.3) is 0 Å². The molecule has 1 saturated heterocycles. The molecule has 1 aromatic rings. The van der Waals surface area contributed by atoms with E-state index in [-0.39, 0.29) is 18.5 Å². The molecule has 1 fully saturated rings. The number of piperidine rings is 1. The fourth-order valence-electron chi connectivity index (χ4n) is 2.63. The second kappa shape index (κ2) is 6.47. The minimum Gasteiger partial charge on any atom is -0.478 e. The van der Waals surface area contributed by atoms with Crippen LogP contribution in [-0.4, -0.2) is 41.8 Å². The predicted molar refractivity (Wildman–Crippen MR) is 72.3 cm³/mol. The molecule has 1 aliphatic heterocycles. The summed E-state index contributed by atoms with van der Waals surface area (Å²) in [6, 6.07) is 6.47. The lowest BCUT2D eigenvalue weighted by Gasteiger charge is -2.33. The zero-order valence-electron chi connectivity index (χ0n) is 11.6. The van der Waals surface area contributed by atoms with Gasteiger partial charge in [-0.25, -0.2) is 4.79 Å². The number of halogens is 3. The van der Waals surface area contributed by atoms with Gasteiger partial charge in [0.15, 0.2) is 0 Å². The van der Waals surface area contributed by atoms with E-state index in [1.807, 2.05) is 4.90 Å². The van der Waals surface area contributed by atoms with Gasteiger partial charge in [-0.05, 0) is 43.5 Å². The molecule has 2 rings (SSSR count). The molecule has 1 heterocycles. The van der Waals surface area contributed by atoms with E-state index in [0.29, 0.717) is 25.9 Å². The van der Waals surface area contributed by atoms with Gasteiger partial charge in [-0.2, -0.15) is 13.2 Å². The number of nitrogens with zero attached hydrogens (tertiary/aromatic N) is 1. The third-order valence-corrected chi connectivity index (χ3v) is 3.89. The first kappa shape index (κ1) is 15.8. The van der Waals surface area contributed by atoms with Crippen molar-refractivity contribution in [1.29, 1.82) is 0 Å². The van der Waals surface area contributed by atoms with Crippen LogP contribution in [0.15, 0.2) is 24.3 Å². The van der Waals surface area contributed by atoms with Crippen molar-refractivity contribution in [3.8, 4) is 0 Å². The van der Waals surface area contributed by atoms with Crippen molar-refractivity contribution in [3.63, 3.8) is 0 Å². The van der Waals surface area contributed by atoms with Gasteiger partial charge in [-0.3, -0.25) is 0 Å². The molecule has 0 aromatic heterocycles. The van der Waals surface area contributed by atoms with Crippen molar-refractivity contribution in [1.82, 2.24) is 4.90 Å². The highest BCUT2D eigenvalue weighted by atomic mass is 19.4. The topological polar surface area (TPSA) is 40.5 Å². The number of carboxylic acids is 1. The fraction of sp³-hybridized carbons (Fsp3) is 0.533. The summed E-state index contributed by atoms with van der Waals surface area (Å²) < 4.78 is 38.1. The molecule has 0 amide bonds. The predicted octanol–water partition coefficient (Wildman–Crippen LogP) is 3.20. The van der Waals surface area contributed by atoms with Gasteiger partial charge in [0.1, 0.15) is 0 Å². The largest absolute Gasteiger partial charge is 0.478 e. The molecule has 21 heavy (non-hydrogen) atoms. The van der Waals surface area contributed by atoms with E-state index >= 15 is 0 Å². The Kier molecular flexibility index (Phi) is 4.88. The second-order valence-electron chi connectivity index (χ2n) is 5.43. The molecule has 116 valence electrons. The van der Waals surface area contributed by atoms with Gasteiger partial charge in [-0.1, -0.05) is 12.1 Å². The van der Waals surface area contributed by atoms with Gasteiger partial charge >= 0.3 is 12.1 Å². The Labute approximate surface area is 121 Å². The van der Waals surface area contributed by atoms with Crippen LogP contribution >= 0.6 is 0 Å². The zero-order valence-corrected chi connectivity index (χ0v) is 11.6. The lowest BCUT2D eigenvalue weighted by Crippen LogP contribution is -2.42. The van der Waals surface area contributed by atoms with Gasteiger partial charge in [-0.15, -0.1) is 0 Å². The lowest BCUT2D eigenvalue weighted by molar-refractivity contribution is -0.186. The van der Waals surface area contributed by atoms with Crippen molar-refractivity contribution in [2.45, 2.75) is 25.4 Å². The summed E-state index contributed by atoms with van der Waals surface area (Å²) in [5, 5.41) is 8.80. The van der Waals surface area contributed by atoms with Gasteiger partial charge < -0.3 is 10.0 Å². The first-order valence-corrected chi connectivity index (χ1v) is 6.97. The molecule has 0 aliphatic carbocycles. The van der Waals surface area contributed by atoms with E-state index in [1.54, 1.807) is 12.1 Å². The Morgan fingerprint density at radius 2 is 1.95 bits per heavy atom. The van der Waals surface area contributed by atoms with E-state index in [1.165, 1.54) is 12.1 Å². The van der Waals surface area contributed by atoms with Gasteiger partial charge in [0, 0.05) is 13.1 Å². The first-order chi connectivity index (χ1) is 9.86. The highest BCUT2D eigenvalue weighted by Gasteiger charge is 2.41. The van der Waals surface area contributed by atoms with Crippen LogP contribution in [-0.2, 0) is 6.42 Å². The zero-order chi connectivity index (χ0) is 15.5. The smallest absolute Gasteiger partial charge is 0.393 e. The number of rotatable bonds is 4. The maximum Gasteiger partial charge on any atom is 0.393 e. The SMILES string of the molecule is O=C(O)c1ccc(CCN2CCCC(C(F)(F)F)C2)cc1. The molecule has 0 saturated carbocycles. The highest BCUT2D eigenvalue weighted by Crippen LogP contribution is 2.33. The standard InChI is InChI=1S/C15H18F3NO2/c16-15(17,18)13-2-1-8-19(10-13)9-7-11-3-5-12(6-4-11)14(20)21/h3-6,13H,1-2,7-10H2,(H,20,21). The molecule has 1 unspecified atom stereocenters.